The zero-order valence-corrected chi connectivity index (χ0v) is 9.16. The molecular formula is C8H16ClNO2S. The molecule has 1 spiro atoms. The number of sulfone groups is 1. The van der Waals surface area contributed by atoms with Gasteiger partial charge in [0.05, 0.1) is 11.5 Å². The largest absolute Gasteiger partial charge is 0.330 e. The molecule has 78 valence electrons. The minimum atomic E-state index is -2.69. The molecule has 2 fully saturated rings. The van der Waals surface area contributed by atoms with Crippen molar-refractivity contribution in [1.82, 2.24) is 0 Å². The molecule has 0 amide bonds. The van der Waals surface area contributed by atoms with Gasteiger partial charge in [0.1, 0.15) is 9.84 Å². The molecule has 1 saturated carbocycles. The summed E-state index contributed by atoms with van der Waals surface area (Å²) in [6.07, 6.45) is 2.88. The van der Waals surface area contributed by atoms with Gasteiger partial charge in [-0.3, -0.25) is 0 Å². The van der Waals surface area contributed by atoms with Gasteiger partial charge >= 0.3 is 0 Å². The van der Waals surface area contributed by atoms with Crippen LogP contribution in [-0.2, 0) is 9.84 Å². The fourth-order valence-electron chi connectivity index (χ4n) is 2.32. The third-order valence-corrected chi connectivity index (χ3v) is 5.12. The maximum Gasteiger partial charge on any atom is 0.150 e. The van der Waals surface area contributed by atoms with E-state index in [0.29, 0.717) is 22.8 Å². The summed E-state index contributed by atoms with van der Waals surface area (Å²) in [4.78, 5) is 0. The number of hydrogen-bond donors (Lipinski definition) is 1. The zero-order valence-electron chi connectivity index (χ0n) is 7.53. The normalized spacial score (nSPS) is 33.8. The van der Waals surface area contributed by atoms with Crippen molar-refractivity contribution in [1.29, 1.82) is 0 Å². The quantitative estimate of drug-likeness (QED) is 0.711. The van der Waals surface area contributed by atoms with Crippen molar-refractivity contribution in [3.05, 3.63) is 0 Å². The summed E-state index contributed by atoms with van der Waals surface area (Å²) in [6.45, 7) is 0.736. The van der Waals surface area contributed by atoms with Crippen LogP contribution in [0.5, 0.6) is 0 Å². The van der Waals surface area contributed by atoms with E-state index in [9.17, 15) is 8.42 Å². The van der Waals surface area contributed by atoms with E-state index in [4.69, 9.17) is 5.73 Å². The van der Waals surface area contributed by atoms with Crippen molar-refractivity contribution >= 4 is 22.2 Å². The van der Waals surface area contributed by atoms with Gasteiger partial charge in [0.2, 0.25) is 0 Å². The Labute approximate surface area is 85.4 Å². The first-order chi connectivity index (χ1) is 5.58. The molecule has 0 aromatic rings. The van der Waals surface area contributed by atoms with Crippen LogP contribution in [0.4, 0.5) is 0 Å². The van der Waals surface area contributed by atoms with Gasteiger partial charge in [-0.1, -0.05) is 0 Å². The van der Waals surface area contributed by atoms with Crippen molar-refractivity contribution in [2.24, 2.45) is 17.1 Å². The van der Waals surface area contributed by atoms with E-state index < -0.39 is 9.84 Å². The molecule has 3 nitrogen and oxygen atoms in total. The third-order valence-electron chi connectivity index (χ3n) is 3.47. The molecule has 0 bridgehead atoms. The van der Waals surface area contributed by atoms with E-state index in [0.717, 1.165) is 19.4 Å². The smallest absolute Gasteiger partial charge is 0.150 e. The third kappa shape index (κ3) is 2.00. The molecule has 2 N–H and O–H groups in total. The topological polar surface area (TPSA) is 60.2 Å². The fourth-order valence-corrected chi connectivity index (χ4v) is 3.96. The van der Waals surface area contributed by atoms with Gasteiger partial charge in [0.25, 0.3) is 0 Å². The lowest BCUT2D eigenvalue weighted by Crippen LogP contribution is -2.26. The maximum absolute atomic E-state index is 11.1. The van der Waals surface area contributed by atoms with E-state index in [1.165, 1.54) is 6.42 Å². The molecule has 0 aromatic carbocycles. The molecule has 1 atom stereocenters. The van der Waals surface area contributed by atoms with Crippen LogP contribution in [0.1, 0.15) is 19.3 Å². The van der Waals surface area contributed by atoms with Crippen LogP contribution in [0.2, 0.25) is 0 Å². The Kier molecular flexibility index (Phi) is 2.95. The highest BCUT2D eigenvalue weighted by Crippen LogP contribution is 2.59. The molecule has 2 rings (SSSR count). The van der Waals surface area contributed by atoms with Crippen LogP contribution < -0.4 is 5.73 Å². The second-order valence-corrected chi connectivity index (χ2v) is 6.45. The van der Waals surface area contributed by atoms with Gasteiger partial charge in [-0.05, 0) is 37.1 Å². The first kappa shape index (κ1) is 11.3. The number of hydrogen-bond acceptors (Lipinski definition) is 3. The lowest BCUT2D eigenvalue weighted by molar-refractivity contribution is 0.406. The Hall–Kier alpha value is 0.200. The van der Waals surface area contributed by atoms with Crippen LogP contribution >= 0.6 is 12.4 Å². The predicted molar refractivity (Wildman–Crippen MR) is 54.7 cm³/mol. The molecule has 0 radical (unpaired) electrons. The first-order valence-corrected chi connectivity index (χ1v) is 6.31. The van der Waals surface area contributed by atoms with E-state index in [1.807, 2.05) is 0 Å². The molecular weight excluding hydrogens is 210 g/mol. The molecule has 1 unspecified atom stereocenters. The second kappa shape index (κ2) is 3.41. The second-order valence-electron chi connectivity index (χ2n) is 4.15. The average molecular weight is 226 g/mol. The van der Waals surface area contributed by atoms with Crippen molar-refractivity contribution in [2.75, 3.05) is 18.1 Å². The Balaban J connectivity index is 0.000000845. The summed E-state index contributed by atoms with van der Waals surface area (Å²) in [7, 11) is -2.69. The van der Waals surface area contributed by atoms with Gasteiger partial charge < -0.3 is 5.73 Å². The Morgan fingerprint density at radius 1 is 1.31 bits per heavy atom. The first-order valence-electron chi connectivity index (χ1n) is 4.48. The van der Waals surface area contributed by atoms with Gasteiger partial charge in [-0.2, -0.15) is 0 Å². The van der Waals surface area contributed by atoms with Crippen LogP contribution in [0.25, 0.3) is 0 Å². The van der Waals surface area contributed by atoms with Gasteiger partial charge in [0, 0.05) is 0 Å². The monoisotopic (exact) mass is 225 g/mol. The molecule has 2 aliphatic rings. The fraction of sp³-hybridized carbons (Fsp3) is 1.00. The van der Waals surface area contributed by atoms with E-state index in [1.54, 1.807) is 0 Å². The summed E-state index contributed by atoms with van der Waals surface area (Å²) in [5, 5.41) is 0. The Bertz CT molecular complexity index is 275. The van der Waals surface area contributed by atoms with Crippen molar-refractivity contribution < 1.29 is 8.42 Å². The summed E-state index contributed by atoms with van der Waals surface area (Å²) in [6, 6.07) is 0. The van der Waals surface area contributed by atoms with Crippen molar-refractivity contribution in [3.63, 3.8) is 0 Å². The van der Waals surface area contributed by atoms with E-state index >= 15 is 0 Å². The zero-order chi connectivity index (χ0) is 8.82. The highest BCUT2D eigenvalue weighted by Gasteiger charge is 2.54. The predicted octanol–water partition coefficient (Wildman–Crippen LogP) is 0.582. The molecule has 1 saturated heterocycles. The lowest BCUT2D eigenvalue weighted by Gasteiger charge is -2.22. The highest BCUT2D eigenvalue weighted by atomic mass is 35.5. The van der Waals surface area contributed by atoms with Crippen molar-refractivity contribution in [3.8, 4) is 0 Å². The van der Waals surface area contributed by atoms with Crippen molar-refractivity contribution in [2.45, 2.75) is 19.3 Å². The number of rotatable bonds is 1. The maximum atomic E-state index is 11.1. The minimum Gasteiger partial charge on any atom is -0.330 e. The van der Waals surface area contributed by atoms with Crippen LogP contribution in [-0.4, -0.2) is 26.5 Å². The summed E-state index contributed by atoms with van der Waals surface area (Å²) in [5.41, 5.74) is 5.90. The lowest BCUT2D eigenvalue weighted by atomic mass is 9.96. The highest BCUT2D eigenvalue weighted by molar-refractivity contribution is 7.91. The Morgan fingerprint density at radius 3 is 2.23 bits per heavy atom. The van der Waals surface area contributed by atoms with E-state index in [2.05, 4.69) is 0 Å². The average Bonchev–Trinajstić information content (AvgIpc) is 2.72. The summed E-state index contributed by atoms with van der Waals surface area (Å²) >= 11 is 0. The van der Waals surface area contributed by atoms with Crippen LogP contribution in [0.15, 0.2) is 0 Å². The summed E-state index contributed by atoms with van der Waals surface area (Å²) < 4.78 is 22.3. The molecule has 13 heavy (non-hydrogen) atoms. The van der Waals surface area contributed by atoms with Crippen LogP contribution in [0, 0.1) is 11.3 Å². The minimum absolute atomic E-state index is 0. The Morgan fingerprint density at radius 2 is 1.85 bits per heavy atom. The molecule has 1 aliphatic carbocycles. The van der Waals surface area contributed by atoms with Gasteiger partial charge in [-0.15, -0.1) is 12.4 Å². The van der Waals surface area contributed by atoms with Crippen LogP contribution in [0.3, 0.4) is 0 Å². The molecule has 1 heterocycles. The number of nitrogens with two attached hydrogens (primary N) is 1. The molecule has 1 aliphatic heterocycles. The summed E-state index contributed by atoms with van der Waals surface area (Å²) in [5.74, 6) is 1.40. The van der Waals surface area contributed by atoms with E-state index in [-0.39, 0.29) is 12.4 Å². The molecule has 5 heteroatoms. The molecule has 0 aromatic heterocycles. The number of halogens is 1. The SMILES string of the molecule is Cl.NCC1CC12CCS(=O)(=O)CC2. The van der Waals surface area contributed by atoms with Gasteiger partial charge in [-0.25, -0.2) is 8.42 Å². The standard InChI is InChI=1S/C8H15NO2S.ClH/c9-6-7-5-8(7)1-3-12(10,11)4-2-8;/h7H,1-6,9H2;1H. The van der Waals surface area contributed by atoms with Gasteiger partial charge in [0.15, 0.2) is 0 Å².